The lowest BCUT2D eigenvalue weighted by Crippen LogP contribution is -2.10. The molecule has 0 unspecified atom stereocenters. The van der Waals surface area contributed by atoms with Crippen LogP contribution in [-0.2, 0) is 4.74 Å². The van der Waals surface area contributed by atoms with E-state index < -0.39 is 5.97 Å². The Labute approximate surface area is 128 Å². The number of hydrogen-bond acceptors (Lipinski definition) is 5. The number of nitrogens with one attached hydrogen (secondary N) is 1. The molecule has 0 saturated heterocycles. The van der Waals surface area contributed by atoms with Crippen molar-refractivity contribution < 1.29 is 9.53 Å². The first kappa shape index (κ1) is 15.1. The van der Waals surface area contributed by atoms with Crippen molar-refractivity contribution in [3.8, 4) is 0 Å². The van der Waals surface area contributed by atoms with Gasteiger partial charge < -0.3 is 15.8 Å². The molecule has 0 aliphatic carbocycles. The van der Waals surface area contributed by atoms with Crippen LogP contribution in [0.5, 0.6) is 0 Å². The van der Waals surface area contributed by atoms with Gasteiger partial charge in [0.15, 0.2) is 5.82 Å². The molecule has 0 aliphatic heterocycles. The van der Waals surface area contributed by atoms with Crippen molar-refractivity contribution in [2.24, 2.45) is 0 Å². The molecule has 0 atom stereocenters. The SMILES string of the molecule is CCOC(=O)c1ccnc(Nc2ccc(C)c(Cl)c2)c1N. The van der Waals surface area contributed by atoms with E-state index in [-0.39, 0.29) is 17.9 Å². The van der Waals surface area contributed by atoms with Gasteiger partial charge in [-0.25, -0.2) is 9.78 Å². The summed E-state index contributed by atoms with van der Waals surface area (Å²) in [5, 5.41) is 3.69. The highest BCUT2D eigenvalue weighted by Crippen LogP contribution is 2.27. The van der Waals surface area contributed by atoms with Crippen LogP contribution in [0, 0.1) is 6.92 Å². The van der Waals surface area contributed by atoms with Crippen molar-refractivity contribution >= 4 is 34.8 Å². The third-order valence-electron chi connectivity index (χ3n) is 2.92. The highest BCUT2D eigenvalue weighted by Gasteiger charge is 2.14. The monoisotopic (exact) mass is 305 g/mol. The number of rotatable bonds is 4. The third kappa shape index (κ3) is 3.44. The van der Waals surface area contributed by atoms with Crippen LogP contribution in [0.4, 0.5) is 17.2 Å². The standard InChI is InChI=1S/C15H16ClN3O2/c1-3-21-15(20)11-6-7-18-14(13(11)17)19-10-5-4-9(2)12(16)8-10/h4-8H,3,17H2,1-2H3,(H,18,19). The van der Waals surface area contributed by atoms with Gasteiger partial charge >= 0.3 is 5.97 Å². The van der Waals surface area contributed by atoms with Gasteiger partial charge in [-0.1, -0.05) is 17.7 Å². The van der Waals surface area contributed by atoms with Gasteiger partial charge in [0.05, 0.1) is 17.9 Å². The topological polar surface area (TPSA) is 77.2 Å². The van der Waals surface area contributed by atoms with Gasteiger partial charge in [-0.2, -0.15) is 0 Å². The number of nitrogens with two attached hydrogens (primary N) is 1. The summed E-state index contributed by atoms with van der Waals surface area (Å²) in [6.45, 7) is 3.94. The fourth-order valence-electron chi connectivity index (χ4n) is 1.77. The predicted octanol–water partition coefficient (Wildman–Crippen LogP) is 3.55. The largest absolute Gasteiger partial charge is 0.462 e. The fraction of sp³-hybridized carbons (Fsp3) is 0.200. The second kappa shape index (κ2) is 6.45. The molecule has 2 aromatic rings. The summed E-state index contributed by atoms with van der Waals surface area (Å²) in [5.41, 5.74) is 8.22. The van der Waals surface area contributed by atoms with Crippen LogP contribution < -0.4 is 11.1 Å². The summed E-state index contributed by atoms with van der Waals surface area (Å²) >= 11 is 6.08. The van der Waals surface area contributed by atoms with Gasteiger partial charge in [0.2, 0.25) is 0 Å². The number of nitrogens with zero attached hydrogens (tertiary/aromatic N) is 1. The minimum atomic E-state index is -0.470. The van der Waals surface area contributed by atoms with Crippen molar-refractivity contribution in [2.45, 2.75) is 13.8 Å². The summed E-state index contributed by atoms with van der Waals surface area (Å²) in [6.07, 6.45) is 1.50. The number of halogens is 1. The van der Waals surface area contributed by atoms with Crippen molar-refractivity contribution in [2.75, 3.05) is 17.7 Å². The molecule has 0 amide bonds. The van der Waals surface area contributed by atoms with Crippen LogP contribution >= 0.6 is 11.6 Å². The van der Waals surface area contributed by atoms with Crippen LogP contribution in [0.1, 0.15) is 22.8 Å². The Bertz CT molecular complexity index is 674. The van der Waals surface area contributed by atoms with E-state index in [0.717, 1.165) is 11.3 Å². The molecular weight excluding hydrogens is 290 g/mol. The molecule has 3 N–H and O–H groups in total. The molecule has 6 heteroatoms. The number of carbonyl (C=O) groups is 1. The highest BCUT2D eigenvalue weighted by atomic mass is 35.5. The lowest BCUT2D eigenvalue weighted by Gasteiger charge is -2.12. The van der Waals surface area contributed by atoms with E-state index in [1.54, 1.807) is 13.0 Å². The number of benzene rings is 1. The summed E-state index contributed by atoms with van der Waals surface area (Å²) in [4.78, 5) is 15.9. The molecule has 1 aromatic heterocycles. The number of esters is 1. The Hall–Kier alpha value is -2.27. The highest BCUT2D eigenvalue weighted by molar-refractivity contribution is 6.31. The number of pyridine rings is 1. The van der Waals surface area contributed by atoms with Gasteiger partial charge in [-0.05, 0) is 37.6 Å². The van der Waals surface area contributed by atoms with Crippen molar-refractivity contribution in [1.82, 2.24) is 4.98 Å². The second-order valence-electron chi connectivity index (χ2n) is 4.43. The molecule has 5 nitrogen and oxygen atoms in total. The van der Waals surface area contributed by atoms with E-state index in [9.17, 15) is 4.79 Å². The number of carbonyl (C=O) groups excluding carboxylic acids is 1. The first-order chi connectivity index (χ1) is 10.0. The number of aromatic nitrogens is 1. The van der Waals surface area contributed by atoms with E-state index in [4.69, 9.17) is 22.1 Å². The molecule has 0 radical (unpaired) electrons. The van der Waals surface area contributed by atoms with Crippen LogP contribution in [-0.4, -0.2) is 17.6 Å². The molecule has 1 heterocycles. The molecule has 2 rings (SSSR count). The second-order valence-corrected chi connectivity index (χ2v) is 4.84. The van der Waals surface area contributed by atoms with Crippen molar-refractivity contribution in [3.63, 3.8) is 0 Å². The van der Waals surface area contributed by atoms with Gasteiger partial charge in [-0.15, -0.1) is 0 Å². The molecule has 0 aliphatic rings. The number of anilines is 3. The Morgan fingerprint density at radius 1 is 1.43 bits per heavy atom. The lowest BCUT2D eigenvalue weighted by molar-refractivity contribution is 0.0527. The molecule has 0 saturated carbocycles. The molecule has 0 spiro atoms. The molecule has 110 valence electrons. The first-order valence-corrected chi connectivity index (χ1v) is 6.85. The average molecular weight is 306 g/mol. The Balaban J connectivity index is 2.30. The number of hydrogen-bond donors (Lipinski definition) is 2. The van der Waals surface area contributed by atoms with Crippen LogP contribution in [0.25, 0.3) is 0 Å². The normalized spacial score (nSPS) is 10.2. The van der Waals surface area contributed by atoms with Crippen molar-refractivity contribution in [1.29, 1.82) is 0 Å². The molecular formula is C15H16ClN3O2. The van der Waals surface area contributed by atoms with Gasteiger partial charge in [0.25, 0.3) is 0 Å². The first-order valence-electron chi connectivity index (χ1n) is 6.47. The number of ether oxygens (including phenoxy) is 1. The Morgan fingerprint density at radius 2 is 2.19 bits per heavy atom. The average Bonchev–Trinajstić information content (AvgIpc) is 2.45. The summed E-state index contributed by atoms with van der Waals surface area (Å²) in [5.74, 6) is -0.0807. The van der Waals surface area contributed by atoms with Crippen molar-refractivity contribution in [3.05, 3.63) is 46.6 Å². The van der Waals surface area contributed by atoms with Gasteiger partial charge in [-0.3, -0.25) is 0 Å². The Morgan fingerprint density at radius 3 is 2.86 bits per heavy atom. The molecule has 1 aromatic carbocycles. The number of aryl methyl sites for hydroxylation is 1. The van der Waals surface area contributed by atoms with E-state index in [0.29, 0.717) is 10.8 Å². The zero-order chi connectivity index (χ0) is 15.4. The predicted molar refractivity (Wildman–Crippen MR) is 84.1 cm³/mol. The van der Waals surface area contributed by atoms with Crippen LogP contribution in [0.3, 0.4) is 0 Å². The van der Waals surface area contributed by atoms with Crippen LogP contribution in [0.15, 0.2) is 30.5 Å². The summed E-state index contributed by atoms with van der Waals surface area (Å²) < 4.78 is 4.95. The maximum Gasteiger partial charge on any atom is 0.340 e. The molecule has 0 bridgehead atoms. The van der Waals surface area contributed by atoms with E-state index in [2.05, 4.69) is 10.3 Å². The van der Waals surface area contributed by atoms with E-state index in [1.165, 1.54) is 12.3 Å². The molecule has 21 heavy (non-hydrogen) atoms. The van der Waals surface area contributed by atoms with Gasteiger partial charge in [0.1, 0.15) is 0 Å². The quantitative estimate of drug-likeness (QED) is 0.845. The van der Waals surface area contributed by atoms with E-state index in [1.807, 2.05) is 19.1 Å². The zero-order valence-corrected chi connectivity index (χ0v) is 12.6. The van der Waals surface area contributed by atoms with Gasteiger partial charge in [0, 0.05) is 16.9 Å². The third-order valence-corrected chi connectivity index (χ3v) is 3.33. The fourth-order valence-corrected chi connectivity index (χ4v) is 1.95. The van der Waals surface area contributed by atoms with E-state index >= 15 is 0 Å². The smallest absolute Gasteiger partial charge is 0.340 e. The number of nitrogen functional groups attached to an aromatic ring is 1. The van der Waals surface area contributed by atoms with Crippen LogP contribution in [0.2, 0.25) is 5.02 Å². The Kier molecular flexibility index (Phi) is 4.65. The summed E-state index contributed by atoms with van der Waals surface area (Å²) in [6, 6.07) is 7.05. The lowest BCUT2D eigenvalue weighted by atomic mass is 10.2. The maximum absolute atomic E-state index is 11.8. The summed E-state index contributed by atoms with van der Waals surface area (Å²) in [7, 11) is 0. The minimum absolute atomic E-state index is 0.243. The maximum atomic E-state index is 11.8. The molecule has 0 fully saturated rings. The minimum Gasteiger partial charge on any atom is -0.462 e. The zero-order valence-electron chi connectivity index (χ0n) is 11.8.